The molecule has 4 saturated heterocycles. The Kier molecular flexibility index (Phi) is 10.2. The highest BCUT2D eigenvalue weighted by Gasteiger charge is 2.41. The lowest BCUT2D eigenvalue weighted by Crippen LogP contribution is -2.53. The summed E-state index contributed by atoms with van der Waals surface area (Å²) in [6, 6.07) is 7.10. The van der Waals surface area contributed by atoms with Gasteiger partial charge >= 0.3 is 0 Å². The SMILES string of the molecule is CC(=O)N1CCC(C(=O)N(CCCN2C3CCC2CC(NC(=O)CN2CCOCC2)C3)c2ccc(C)c(Cl)c2)CC1. The number of fused-ring (bicyclic) bond motifs is 2. The summed E-state index contributed by atoms with van der Waals surface area (Å²) >= 11 is 6.48. The second kappa shape index (κ2) is 13.8. The van der Waals surface area contributed by atoms with E-state index in [1.54, 1.807) is 6.92 Å². The number of hydrogen-bond acceptors (Lipinski definition) is 6. The smallest absolute Gasteiger partial charge is 0.234 e. The van der Waals surface area contributed by atoms with Crippen LogP contribution in [0.15, 0.2) is 18.2 Å². The Morgan fingerprint density at radius 3 is 2.34 bits per heavy atom. The van der Waals surface area contributed by atoms with Gasteiger partial charge in [0.05, 0.1) is 19.8 Å². The summed E-state index contributed by atoms with van der Waals surface area (Å²) < 4.78 is 5.40. The number of anilines is 1. The third-order valence-corrected chi connectivity index (χ3v) is 9.95. The molecule has 0 saturated carbocycles. The van der Waals surface area contributed by atoms with Gasteiger partial charge in [0.2, 0.25) is 17.7 Å². The van der Waals surface area contributed by atoms with E-state index in [0.29, 0.717) is 69.3 Å². The van der Waals surface area contributed by atoms with Crippen molar-refractivity contribution in [2.75, 3.05) is 63.9 Å². The van der Waals surface area contributed by atoms with Crippen LogP contribution in [0.3, 0.4) is 0 Å². The summed E-state index contributed by atoms with van der Waals surface area (Å²) in [4.78, 5) is 46.8. The first-order valence-electron chi connectivity index (χ1n) is 15.5. The number of aryl methyl sites for hydroxylation is 1. The Morgan fingerprint density at radius 2 is 1.71 bits per heavy atom. The minimum absolute atomic E-state index is 0.0770. The van der Waals surface area contributed by atoms with Gasteiger partial charge in [-0.25, -0.2) is 0 Å². The molecule has 0 aromatic heterocycles. The van der Waals surface area contributed by atoms with E-state index in [2.05, 4.69) is 15.1 Å². The summed E-state index contributed by atoms with van der Waals surface area (Å²) in [6.07, 6.45) is 6.61. The maximum absolute atomic E-state index is 13.8. The third-order valence-electron chi connectivity index (χ3n) is 9.54. The Balaban J connectivity index is 1.15. The van der Waals surface area contributed by atoms with Crippen molar-refractivity contribution in [1.29, 1.82) is 0 Å². The summed E-state index contributed by atoms with van der Waals surface area (Å²) in [7, 11) is 0. The van der Waals surface area contributed by atoms with E-state index >= 15 is 0 Å². The Hall–Kier alpha value is -2.20. The molecule has 2 atom stereocenters. The molecule has 4 fully saturated rings. The number of carbonyl (C=O) groups excluding carboxylic acids is 3. The van der Waals surface area contributed by atoms with E-state index < -0.39 is 0 Å². The van der Waals surface area contributed by atoms with Crippen LogP contribution in [0.1, 0.15) is 57.4 Å². The molecule has 0 spiro atoms. The predicted octanol–water partition coefficient (Wildman–Crippen LogP) is 3.07. The number of hydrogen-bond donors (Lipinski definition) is 1. The van der Waals surface area contributed by atoms with Gasteiger partial charge in [0.1, 0.15) is 0 Å². The number of morpholine rings is 1. The van der Waals surface area contributed by atoms with E-state index in [9.17, 15) is 14.4 Å². The Bertz CT molecular complexity index is 1070. The molecule has 0 aliphatic carbocycles. The largest absolute Gasteiger partial charge is 0.379 e. The van der Waals surface area contributed by atoms with E-state index in [1.165, 1.54) is 12.8 Å². The summed E-state index contributed by atoms with van der Waals surface area (Å²) in [5.41, 5.74) is 1.85. The average Bonchev–Trinajstić information content (AvgIpc) is 3.20. The molecule has 5 rings (SSSR count). The van der Waals surface area contributed by atoms with Crippen molar-refractivity contribution in [3.05, 3.63) is 28.8 Å². The van der Waals surface area contributed by atoms with Crippen molar-refractivity contribution in [2.45, 2.75) is 76.9 Å². The first kappa shape index (κ1) is 30.3. The van der Waals surface area contributed by atoms with Crippen molar-refractivity contribution in [3.8, 4) is 0 Å². The zero-order valence-corrected chi connectivity index (χ0v) is 25.4. The van der Waals surface area contributed by atoms with Crippen LogP contribution in [0.25, 0.3) is 0 Å². The van der Waals surface area contributed by atoms with E-state index in [0.717, 1.165) is 50.1 Å². The van der Waals surface area contributed by atoms with Crippen LogP contribution in [0.5, 0.6) is 0 Å². The number of ether oxygens (including phenoxy) is 1. The molecule has 10 heteroatoms. The fourth-order valence-corrected chi connectivity index (χ4v) is 7.36. The first-order valence-corrected chi connectivity index (χ1v) is 15.8. The highest BCUT2D eigenvalue weighted by molar-refractivity contribution is 6.31. The summed E-state index contributed by atoms with van der Waals surface area (Å²) in [5, 5.41) is 3.99. The van der Waals surface area contributed by atoms with Crippen molar-refractivity contribution < 1.29 is 19.1 Å². The minimum atomic E-state index is -0.0846. The molecule has 1 aromatic rings. The first-order chi connectivity index (χ1) is 19.8. The van der Waals surface area contributed by atoms with Crippen LogP contribution in [0.4, 0.5) is 5.69 Å². The van der Waals surface area contributed by atoms with Crippen LogP contribution in [0, 0.1) is 12.8 Å². The Labute approximate surface area is 249 Å². The molecule has 4 aliphatic heterocycles. The molecule has 2 bridgehead atoms. The number of piperidine rings is 2. The van der Waals surface area contributed by atoms with Gasteiger partial charge in [-0.3, -0.25) is 24.2 Å². The number of benzene rings is 1. The van der Waals surface area contributed by atoms with Gasteiger partial charge in [-0.15, -0.1) is 0 Å². The van der Waals surface area contributed by atoms with Gasteiger partial charge in [0.25, 0.3) is 0 Å². The summed E-state index contributed by atoms with van der Waals surface area (Å²) in [6.45, 7) is 9.93. The molecule has 41 heavy (non-hydrogen) atoms. The molecule has 4 aliphatic rings. The second-order valence-electron chi connectivity index (χ2n) is 12.3. The van der Waals surface area contributed by atoms with Gasteiger partial charge in [-0.1, -0.05) is 17.7 Å². The molecule has 4 heterocycles. The number of amides is 3. The number of rotatable bonds is 9. The monoisotopic (exact) mass is 587 g/mol. The lowest BCUT2D eigenvalue weighted by molar-refractivity contribution is -0.133. The fourth-order valence-electron chi connectivity index (χ4n) is 7.18. The van der Waals surface area contributed by atoms with Gasteiger partial charge in [-0.2, -0.15) is 0 Å². The zero-order valence-electron chi connectivity index (χ0n) is 24.7. The molecule has 0 radical (unpaired) electrons. The number of halogens is 1. The van der Waals surface area contributed by atoms with Crippen LogP contribution >= 0.6 is 11.6 Å². The topological polar surface area (TPSA) is 85.4 Å². The van der Waals surface area contributed by atoms with Crippen LogP contribution in [-0.2, 0) is 19.1 Å². The number of nitrogens with zero attached hydrogens (tertiary/aromatic N) is 4. The van der Waals surface area contributed by atoms with Gasteiger partial charge in [0, 0.05) is 80.9 Å². The van der Waals surface area contributed by atoms with Crippen LogP contribution < -0.4 is 10.2 Å². The average molecular weight is 588 g/mol. The van der Waals surface area contributed by atoms with Gasteiger partial charge in [0.15, 0.2) is 0 Å². The minimum Gasteiger partial charge on any atom is -0.379 e. The third kappa shape index (κ3) is 7.61. The molecule has 1 N–H and O–H groups in total. The predicted molar refractivity (Wildman–Crippen MR) is 160 cm³/mol. The highest BCUT2D eigenvalue weighted by atomic mass is 35.5. The normalized spacial score (nSPS) is 25.7. The van der Waals surface area contributed by atoms with Crippen LogP contribution in [0.2, 0.25) is 5.02 Å². The molecule has 226 valence electrons. The lowest BCUT2D eigenvalue weighted by atomic mass is 9.94. The van der Waals surface area contributed by atoms with E-state index in [4.69, 9.17) is 16.3 Å². The van der Waals surface area contributed by atoms with Crippen molar-refractivity contribution >= 4 is 35.0 Å². The quantitative estimate of drug-likeness (QED) is 0.478. The fraction of sp³-hybridized carbons (Fsp3) is 0.710. The van der Waals surface area contributed by atoms with Gasteiger partial charge in [-0.05, 0) is 69.6 Å². The number of likely N-dealkylation sites (tertiary alicyclic amines) is 1. The molecular weight excluding hydrogens is 542 g/mol. The maximum Gasteiger partial charge on any atom is 0.234 e. The standard InChI is InChI=1S/C31H46ClN5O4/c1-22-4-5-28(20-29(22)32)37(31(40)24-8-12-35(13-9-24)23(2)38)11-3-10-36-26-6-7-27(36)19-25(18-26)33-30(39)21-34-14-16-41-17-15-34/h4-5,20,24-27H,3,6-19,21H2,1-2H3,(H,33,39). The highest BCUT2D eigenvalue weighted by Crippen LogP contribution is 2.36. The lowest BCUT2D eigenvalue weighted by Gasteiger charge is -2.40. The molecule has 1 aromatic carbocycles. The van der Waals surface area contributed by atoms with E-state index in [1.807, 2.05) is 34.9 Å². The van der Waals surface area contributed by atoms with Crippen molar-refractivity contribution in [3.63, 3.8) is 0 Å². The molecular formula is C31H46ClN5O4. The van der Waals surface area contributed by atoms with Crippen molar-refractivity contribution in [2.24, 2.45) is 5.92 Å². The maximum atomic E-state index is 13.8. The zero-order chi connectivity index (χ0) is 28.9. The van der Waals surface area contributed by atoms with E-state index in [-0.39, 0.29) is 29.7 Å². The molecule has 3 amide bonds. The summed E-state index contributed by atoms with van der Waals surface area (Å²) in [5.74, 6) is 0.259. The molecule has 9 nitrogen and oxygen atoms in total. The Morgan fingerprint density at radius 1 is 1.02 bits per heavy atom. The number of carbonyl (C=O) groups is 3. The van der Waals surface area contributed by atoms with Crippen molar-refractivity contribution in [1.82, 2.24) is 20.0 Å². The second-order valence-corrected chi connectivity index (χ2v) is 12.7. The van der Waals surface area contributed by atoms with Gasteiger partial charge < -0.3 is 19.9 Å². The number of nitrogens with one attached hydrogen (secondary N) is 1. The van der Waals surface area contributed by atoms with Crippen LogP contribution in [-0.4, -0.2) is 110 Å². The molecule has 2 unspecified atom stereocenters.